The molecule has 96 valence electrons. The van der Waals surface area contributed by atoms with Gasteiger partial charge in [0.1, 0.15) is 11.5 Å². The third-order valence-electron chi connectivity index (χ3n) is 3.23. The fraction of sp³-hybridized carbons (Fsp3) is 0.133. The Morgan fingerprint density at radius 2 is 2.11 bits per heavy atom. The minimum absolute atomic E-state index is 0.211. The molecule has 0 aliphatic heterocycles. The summed E-state index contributed by atoms with van der Waals surface area (Å²) in [7, 11) is 0. The second-order valence-electron chi connectivity index (χ2n) is 4.59. The minimum Gasteiger partial charge on any atom is -0.326 e. The SMILES string of the molecule is Cc1ccc(-c2cn3ccc(CN)cc3n2)cc1F. The van der Waals surface area contributed by atoms with Gasteiger partial charge in [-0.25, -0.2) is 9.37 Å². The number of aromatic nitrogens is 2. The van der Waals surface area contributed by atoms with Gasteiger partial charge in [-0.2, -0.15) is 0 Å². The van der Waals surface area contributed by atoms with Crippen LogP contribution in [-0.4, -0.2) is 9.38 Å². The molecule has 19 heavy (non-hydrogen) atoms. The molecule has 3 nitrogen and oxygen atoms in total. The lowest BCUT2D eigenvalue weighted by Gasteiger charge is -1.99. The molecule has 0 fully saturated rings. The number of halogens is 1. The molecular weight excluding hydrogens is 241 g/mol. The zero-order valence-corrected chi connectivity index (χ0v) is 10.6. The molecule has 0 spiro atoms. The highest BCUT2D eigenvalue weighted by Crippen LogP contribution is 2.21. The first-order valence-corrected chi connectivity index (χ1v) is 6.11. The smallest absolute Gasteiger partial charge is 0.137 e. The normalized spacial score (nSPS) is 11.1. The molecule has 2 N–H and O–H groups in total. The van der Waals surface area contributed by atoms with Crippen molar-refractivity contribution in [2.24, 2.45) is 5.73 Å². The molecule has 1 aromatic carbocycles. The fourth-order valence-electron chi connectivity index (χ4n) is 2.04. The molecule has 2 heterocycles. The van der Waals surface area contributed by atoms with E-state index in [1.54, 1.807) is 13.0 Å². The van der Waals surface area contributed by atoms with Crippen LogP contribution in [0.2, 0.25) is 0 Å². The van der Waals surface area contributed by atoms with Crippen molar-refractivity contribution >= 4 is 5.65 Å². The summed E-state index contributed by atoms with van der Waals surface area (Å²) in [5.41, 5.74) is 9.63. The van der Waals surface area contributed by atoms with E-state index in [0.29, 0.717) is 12.1 Å². The largest absolute Gasteiger partial charge is 0.326 e. The molecule has 0 atom stereocenters. The van der Waals surface area contributed by atoms with Crippen LogP contribution in [0.3, 0.4) is 0 Å². The Hall–Kier alpha value is -2.20. The van der Waals surface area contributed by atoms with Gasteiger partial charge in [-0.1, -0.05) is 12.1 Å². The molecule has 4 heteroatoms. The van der Waals surface area contributed by atoms with Gasteiger partial charge in [0.25, 0.3) is 0 Å². The van der Waals surface area contributed by atoms with Crippen molar-refractivity contribution in [2.75, 3.05) is 0 Å². The molecule has 3 aromatic rings. The van der Waals surface area contributed by atoms with Gasteiger partial charge in [0.05, 0.1) is 5.69 Å². The van der Waals surface area contributed by atoms with Crippen molar-refractivity contribution in [3.05, 3.63) is 59.7 Å². The van der Waals surface area contributed by atoms with Gasteiger partial charge in [-0.05, 0) is 36.2 Å². The van der Waals surface area contributed by atoms with Gasteiger partial charge < -0.3 is 10.1 Å². The number of hydrogen-bond acceptors (Lipinski definition) is 2. The van der Waals surface area contributed by atoms with E-state index in [4.69, 9.17) is 5.73 Å². The van der Waals surface area contributed by atoms with Crippen LogP contribution in [0.15, 0.2) is 42.7 Å². The van der Waals surface area contributed by atoms with E-state index < -0.39 is 0 Å². The summed E-state index contributed by atoms with van der Waals surface area (Å²) >= 11 is 0. The third kappa shape index (κ3) is 2.11. The van der Waals surface area contributed by atoms with Crippen LogP contribution in [0.25, 0.3) is 16.9 Å². The highest BCUT2D eigenvalue weighted by molar-refractivity contribution is 5.63. The predicted molar refractivity (Wildman–Crippen MR) is 73.2 cm³/mol. The van der Waals surface area contributed by atoms with Crippen LogP contribution >= 0.6 is 0 Å². The van der Waals surface area contributed by atoms with Crippen molar-refractivity contribution in [1.82, 2.24) is 9.38 Å². The average molecular weight is 255 g/mol. The summed E-state index contributed by atoms with van der Waals surface area (Å²) in [4.78, 5) is 4.50. The molecule has 0 aliphatic rings. The van der Waals surface area contributed by atoms with E-state index in [-0.39, 0.29) is 5.82 Å². The second-order valence-corrected chi connectivity index (χ2v) is 4.59. The average Bonchev–Trinajstić information content (AvgIpc) is 2.84. The summed E-state index contributed by atoms with van der Waals surface area (Å²) in [5.74, 6) is -0.211. The van der Waals surface area contributed by atoms with Crippen molar-refractivity contribution in [2.45, 2.75) is 13.5 Å². The maximum absolute atomic E-state index is 13.6. The van der Waals surface area contributed by atoms with Crippen LogP contribution in [0, 0.1) is 12.7 Å². The quantitative estimate of drug-likeness (QED) is 0.765. The van der Waals surface area contributed by atoms with Gasteiger partial charge in [0, 0.05) is 24.5 Å². The van der Waals surface area contributed by atoms with E-state index in [9.17, 15) is 4.39 Å². The number of rotatable bonds is 2. The topological polar surface area (TPSA) is 43.3 Å². The Balaban J connectivity index is 2.11. The van der Waals surface area contributed by atoms with E-state index in [1.807, 2.05) is 35.0 Å². The number of benzene rings is 1. The molecule has 0 amide bonds. The van der Waals surface area contributed by atoms with E-state index in [0.717, 1.165) is 22.5 Å². The Bertz CT molecular complexity index is 746. The van der Waals surface area contributed by atoms with Gasteiger partial charge in [0.2, 0.25) is 0 Å². The van der Waals surface area contributed by atoms with Crippen LogP contribution in [0.4, 0.5) is 4.39 Å². The standard InChI is InChI=1S/C15H14FN3/c1-10-2-3-12(7-13(10)16)14-9-19-5-4-11(8-17)6-15(19)18-14/h2-7,9H,8,17H2,1H3. The fourth-order valence-corrected chi connectivity index (χ4v) is 2.04. The third-order valence-corrected chi connectivity index (χ3v) is 3.23. The van der Waals surface area contributed by atoms with Gasteiger partial charge in [0.15, 0.2) is 0 Å². The maximum Gasteiger partial charge on any atom is 0.137 e. The molecule has 0 radical (unpaired) electrons. The van der Waals surface area contributed by atoms with Crippen LogP contribution < -0.4 is 5.73 Å². The number of hydrogen-bond donors (Lipinski definition) is 1. The Kier molecular flexibility index (Phi) is 2.80. The summed E-state index contributed by atoms with van der Waals surface area (Å²) in [6, 6.07) is 9.05. The lowest BCUT2D eigenvalue weighted by molar-refractivity contribution is 0.619. The van der Waals surface area contributed by atoms with Crippen LogP contribution in [-0.2, 0) is 6.54 Å². The minimum atomic E-state index is -0.211. The molecule has 0 aliphatic carbocycles. The van der Waals surface area contributed by atoms with E-state index >= 15 is 0 Å². The van der Waals surface area contributed by atoms with Crippen molar-refractivity contribution in [3.8, 4) is 11.3 Å². The Morgan fingerprint density at radius 3 is 2.84 bits per heavy atom. The summed E-state index contributed by atoms with van der Waals surface area (Å²) < 4.78 is 15.5. The number of aryl methyl sites for hydroxylation is 1. The lowest BCUT2D eigenvalue weighted by Crippen LogP contribution is -1.96. The Labute approximate surface area is 110 Å². The van der Waals surface area contributed by atoms with E-state index in [1.165, 1.54) is 6.07 Å². The van der Waals surface area contributed by atoms with Gasteiger partial charge in [-0.15, -0.1) is 0 Å². The zero-order chi connectivity index (χ0) is 13.4. The molecule has 0 bridgehead atoms. The van der Waals surface area contributed by atoms with Gasteiger partial charge in [-0.3, -0.25) is 0 Å². The molecule has 3 rings (SSSR count). The second kappa shape index (κ2) is 4.48. The van der Waals surface area contributed by atoms with Crippen LogP contribution in [0.5, 0.6) is 0 Å². The van der Waals surface area contributed by atoms with Gasteiger partial charge >= 0.3 is 0 Å². The molecule has 0 unspecified atom stereocenters. The summed E-state index contributed by atoms with van der Waals surface area (Å²) in [5, 5.41) is 0. The summed E-state index contributed by atoms with van der Waals surface area (Å²) in [6.07, 6.45) is 3.80. The monoisotopic (exact) mass is 255 g/mol. The van der Waals surface area contributed by atoms with Crippen molar-refractivity contribution < 1.29 is 4.39 Å². The Morgan fingerprint density at radius 1 is 1.26 bits per heavy atom. The number of fused-ring (bicyclic) bond motifs is 1. The summed E-state index contributed by atoms with van der Waals surface area (Å²) in [6.45, 7) is 2.23. The molecule has 0 saturated carbocycles. The highest BCUT2D eigenvalue weighted by Gasteiger charge is 2.07. The lowest BCUT2D eigenvalue weighted by atomic mass is 10.1. The zero-order valence-electron chi connectivity index (χ0n) is 10.6. The first-order valence-electron chi connectivity index (χ1n) is 6.11. The highest BCUT2D eigenvalue weighted by atomic mass is 19.1. The number of pyridine rings is 1. The molecule has 2 aromatic heterocycles. The number of nitrogens with two attached hydrogens (primary N) is 1. The van der Waals surface area contributed by atoms with E-state index in [2.05, 4.69) is 4.98 Å². The van der Waals surface area contributed by atoms with Crippen molar-refractivity contribution in [3.63, 3.8) is 0 Å². The first-order chi connectivity index (χ1) is 9.17. The van der Waals surface area contributed by atoms with Crippen LogP contribution in [0.1, 0.15) is 11.1 Å². The molecule has 0 saturated heterocycles. The molecular formula is C15H14FN3. The predicted octanol–water partition coefficient (Wildman–Crippen LogP) is 2.91. The maximum atomic E-state index is 13.6. The first kappa shape index (κ1) is 11.9. The number of nitrogens with zero attached hydrogens (tertiary/aromatic N) is 2. The number of imidazole rings is 1. The van der Waals surface area contributed by atoms with Crippen molar-refractivity contribution in [1.29, 1.82) is 0 Å².